The Hall–Kier alpha value is -1.26. The van der Waals surface area contributed by atoms with Crippen LogP contribution in [0.25, 0.3) is 0 Å². The number of fused-ring (bicyclic) bond motifs is 1. The van der Waals surface area contributed by atoms with Crippen molar-refractivity contribution in [3.63, 3.8) is 0 Å². The summed E-state index contributed by atoms with van der Waals surface area (Å²) in [5, 5.41) is 9.26. The van der Waals surface area contributed by atoms with Crippen molar-refractivity contribution in [2.75, 3.05) is 6.61 Å². The summed E-state index contributed by atoms with van der Waals surface area (Å²) in [6.45, 7) is 2.51. The standard InChI is InChI=1S/C21H26Cl2O4/c1-21(14-7-4-5-8-14)12-13-11-15(18(22)19(23)17(13)20(21)26)27-10-6-2-3-9-16(24)25/h11,14H,2-10,12H2,1H3,(H,24,25). The van der Waals surface area contributed by atoms with E-state index in [0.29, 0.717) is 46.7 Å². The minimum absolute atomic E-state index is 0.122. The molecule has 1 aromatic rings. The Labute approximate surface area is 170 Å². The molecule has 148 valence electrons. The summed E-state index contributed by atoms with van der Waals surface area (Å²) in [6, 6.07) is 1.87. The van der Waals surface area contributed by atoms with Gasteiger partial charge in [0, 0.05) is 17.4 Å². The van der Waals surface area contributed by atoms with Crippen molar-refractivity contribution in [2.45, 2.75) is 64.7 Å². The fraction of sp³-hybridized carbons (Fsp3) is 0.619. The first-order chi connectivity index (χ1) is 12.8. The number of halogens is 2. The fourth-order valence-electron chi connectivity index (χ4n) is 4.53. The molecule has 0 aromatic heterocycles. The molecule has 27 heavy (non-hydrogen) atoms. The average Bonchev–Trinajstić information content (AvgIpc) is 3.23. The zero-order valence-corrected chi connectivity index (χ0v) is 17.2. The maximum Gasteiger partial charge on any atom is 0.303 e. The van der Waals surface area contributed by atoms with Gasteiger partial charge in [-0.3, -0.25) is 9.59 Å². The monoisotopic (exact) mass is 412 g/mol. The van der Waals surface area contributed by atoms with Gasteiger partial charge in [0.1, 0.15) is 10.8 Å². The lowest BCUT2D eigenvalue weighted by Gasteiger charge is -2.29. The van der Waals surface area contributed by atoms with Crippen LogP contribution in [0.4, 0.5) is 0 Å². The molecular formula is C21H26Cl2O4. The summed E-state index contributed by atoms with van der Waals surface area (Å²) in [5.74, 6) is 0.267. The second-order valence-electron chi connectivity index (χ2n) is 7.99. The van der Waals surface area contributed by atoms with Gasteiger partial charge in [0.05, 0.1) is 11.6 Å². The predicted octanol–water partition coefficient (Wildman–Crippen LogP) is 5.95. The molecule has 6 heteroatoms. The summed E-state index contributed by atoms with van der Waals surface area (Å²) >= 11 is 12.9. The van der Waals surface area contributed by atoms with Crippen LogP contribution in [0.2, 0.25) is 10.0 Å². The lowest BCUT2D eigenvalue weighted by Crippen LogP contribution is -2.32. The van der Waals surface area contributed by atoms with E-state index in [1.54, 1.807) is 0 Å². The smallest absolute Gasteiger partial charge is 0.303 e. The number of rotatable bonds is 8. The van der Waals surface area contributed by atoms with Gasteiger partial charge in [-0.2, -0.15) is 0 Å². The van der Waals surface area contributed by atoms with Crippen molar-refractivity contribution < 1.29 is 19.4 Å². The molecule has 0 amide bonds. The number of hydrogen-bond acceptors (Lipinski definition) is 3. The Morgan fingerprint density at radius 2 is 1.93 bits per heavy atom. The van der Waals surface area contributed by atoms with E-state index < -0.39 is 5.97 Å². The summed E-state index contributed by atoms with van der Waals surface area (Å²) in [4.78, 5) is 23.7. The second kappa shape index (κ2) is 8.40. The molecule has 3 rings (SSSR count). The highest BCUT2D eigenvalue weighted by Crippen LogP contribution is 2.52. The van der Waals surface area contributed by atoms with Crippen molar-refractivity contribution in [3.05, 3.63) is 27.2 Å². The number of unbranched alkanes of at least 4 members (excludes halogenated alkanes) is 2. The Balaban J connectivity index is 1.69. The third-order valence-corrected chi connectivity index (χ3v) is 6.96. The lowest BCUT2D eigenvalue weighted by atomic mass is 9.73. The van der Waals surface area contributed by atoms with Gasteiger partial charge in [-0.05, 0) is 56.1 Å². The van der Waals surface area contributed by atoms with Gasteiger partial charge in [0.2, 0.25) is 0 Å². The van der Waals surface area contributed by atoms with Crippen LogP contribution in [0.15, 0.2) is 6.07 Å². The molecule has 1 atom stereocenters. The van der Waals surface area contributed by atoms with E-state index in [4.69, 9.17) is 33.0 Å². The molecule has 1 saturated carbocycles. The van der Waals surface area contributed by atoms with Crippen LogP contribution in [0.5, 0.6) is 5.75 Å². The van der Waals surface area contributed by atoms with Crippen LogP contribution in [0.3, 0.4) is 0 Å². The average molecular weight is 413 g/mol. The van der Waals surface area contributed by atoms with Crippen LogP contribution in [-0.4, -0.2) is 23.5 Å². The number of carboxylic acids is 1. The third-order valence-electron chi connectivity index (χ3n) is 6.11. The van der Waals surface area contributed by atoms with Crippen molar-refractivity contribution in [3.8, 4) is 5.75 Å². The molecule has 4 nitrogen and oxygen atoms in total. The summed E-state index contributed by atoms with van der Waals surface area (Å²) in [7, 11) is 0. The number of carboxylic acid groups (broad SMARTS) is 1. The van der Waals surface area contributed by atoms with Crippen molar-refractivity contribution in [1.29, 1.82) is 0 Å². The lowest BCUT2D eigenvalue weighted by molar-refractivity contribution is -0.137. The van der Waals surface area contributed by atoms with Crippen LogP contribution < -0.4 is 4.74 Å². The van der Waals surface area contributed by atoms with Crippen LogP contribution in [0, 0.1) is 11.3 Å². The molecule has 1 unspecified atom stereocenters. The van der Waals surface area contributed by atoms with Crippen LogP contribution >= 0.6 is 23.2 Å². The molecule has 0 bridgehead atoms. The van der Waals surface area contributed by atoms with Gasteiger partial charge >= 0.3 is 5.97 Å². The molecule has 2 aliphatic carbocycles. The first kappa shape index (κ1) is 20.5. The zero-order valence-electron chi connectivity index (χ0n) is 15.7. The molecule has 0 radical (unpaired) electrons. The molecule has 0 saturated heterocycles. The van der Waals surface area contributed by atoms with Gasteiger partial charge in [-0.15, -0.1) is 0 Å². The SMILES string of the molecule is CC1(C2CCCC2)Cc2cc(OCCCCCC(=O)O)c(Cl)c(Cl)c2C1=O. The molecule has 0 aliphatic heterocycles. The van der Waals surface area contributed by atoms with Gasteiger partial charge in [-0.25, -0.2) is 0 Å². The van der Waals surface area contributed by atoms with Gasteiger partial charge in [0.15, 0.2) is 5.78 Å². The maximum atomic E-state index is 13.1. The highest BCUT2D eigenvalue weighted by Gasteiger charge is 2.49. The van der Waals surface area contributed by atoms with Gasteiger partial charge < -0.3 is 9.84 Å². The van der Waals surface area contributed by atoms with Crippen molar-refractivity contribution in [1.82, 2.24) is 0 Å². The molecule has 1 fully saturated rings. The first-order valence-electron chi connectivity index (χ1n) is 9.75. The molecule has 0 heterocycles. The third kappa shape index (κ3) is 4.12. The number of benzene rings is 1. The highest BCUT2D eigenvalue weighted by molar-refractivity contribution is 6.45. The Morgan fingerprint density at radius 1 is 1.22 bits per heavy atom. The van der Waals surface area contributed by atoms with E-state index in [1.807, 2.05) is 6.07 Å². The van der Waals surface area contributed by atoms with Crippen molar-refractivity contribution >= 4 is 35.0 Å². The maximum absolute atomic E-state index is 13.1. The fourth-order valence-corrected chi connectivity index (χ4v) is 5.04. The van der Waals surface area contributed by atoms with E-state index in [9.17, 15) is 9.59 Å². The minimum Gasteiger partial charge on any atom is -0.492 e. The van der Waals surface area contributed by atoms with E-state index >= 15 is 0 Å². The Kier molecular flexibility index (Phi) is 6.37. The number of hydrogen-bond donors (Lipinski definition) is 1. The van der Waals surface area contributed by atoms with E-state index in [-0.39, 0.29) is 17.6 Å². The van der Waals surface area contributed by atoms with E-state index in [1.165, 1.54) is 12.8 Å². The van der Waals surface area contributed by atoms with Crippen LogP contribution in [0.1, 0.15) is 74.2 Å². The van der Waals surface area contributed by atoms with Gasteiger partial charge in [-0.1, -0.05) is 43.0 Å². The number of aliphatic carboxylic acids is 1. The molecule has 1 N–H and O–H groups in total. The number of carbonyl (C=O) groups excluding carboxylic acids is 1. The summed E-state index contributed by atoms with van der Waals surface area (Å²) < 4.78 is 5.80. The Bertz CT molecular complexity index is 740. The highest BCUT2D eigenvalue weighted by atomic mass is 35.5. The number of Topliss-reactive ketones (excluding diaryl/α,β-unsaturated/α-hetero) is 1. The van der Waals surface area contributed by atoms with Crippen LogP contribution in [-0.2, 0) is 11.2 Å². The number of ketones is 1. The van der Waals surface area contributed by atoms with E-state index in [0.717, 1.165) is 31.2 Å². The minimum atomic E-state index is -0.778. The first-order valence-corrected chi connectivity index (χ1v) is 10.5. The second-order valence-corrected chi connectivity index (χ2v) is 8.75. The molecule has 0 spiro atoms. The number of carbonyl (C=O) groups is 2. The largest absolute Gasteiger partial charge is 0.492 e. The molecular weight excluding hydrogens is 387 g/mol. The molecule has 1 aromatic carbocycles. The molecule has 2 aliphatic rings. The Morgan fingerprint density at radius 3 is 2.59 bits per heavy atom. The number of ether oxygens (including phenoxy) is 1. The quantitative estimate of drug-likeness (QED) is 0.535. The topological polar surface area (TPSA) is 63.6 Å². The van der Waals surface area contributed by atoms with Gasteiger partial charge in [0.25, 0.3) is 0 Å². The summed E-state index contributed by atoms with van der Waals surface area (Å²) in [6.07, 6.45) is 7.60. The summed E-state index contributed by atoms with van der Waals surface area (Å²) in [5.41, 5.74) is 1.12. The normalized spacial score (nSPS) is 22.3. The zero-order chi connectivity index (χ0) is 19.6. The predicted molar refractivity (Wildman–Crippen MR) is 106 cm³/mol. The van der Waals surface area contributed by atoms with E-state index in [2.05, 4.69) is 6.92 Å². The van der Waals surface area contributed by atoms with Crippen molar-refractivity contribution in [2.24, 2.45) is 11.3 Å².